The van der Waals surface area contributed by atoms with Crippen molar-refractivity contribution in [2.24, 2.45) is 5.92 Å². The Balaban J connectivity index is 1.87. The summed E-state index contributed by atoms with van der Waals surface area (Å²) in [5.74, 6) is 0.913. The normalized spacial score (nSPS) is 21.4. The Labute approximate surface area is 93.0 Å². The molecule has 1 fully saturated rings. The zero-order valence-corrected chi connectivity index (χ0v) is 9.58. The van der Waals surface area contributed by atoms with Crippen LogP contribution in [0.25, 0.3) is 0 Å². The fourth-order valence-electron chi connectivity index (χ4n) is 2.49. The molecule has 1 saturated carbocycles. The van der Waals surface area contributed by atoms with E-state index in [1.54, 1.807) is 5.57 Å². The topological polar surface area (TPSA) is 0 Å². The lowest BCUT2D eigenvalue weighted by molar-refractivity contribution is 0.406. The quantitative estimate of drug-likeness (QED) is 0.622. The van der Waals surface area contributed by atoms with Gasteiger partial charge < -0.3 is 0 Å². The highest BCUT2D eigenvalue weighted by atomic mass is 14.2. The summed E-state index contributed by atoms with van der Waals surface area (Å²) in [4.78, 5) is 0. The van der Waals surface area contributed by atoms with Crippen molar-refractivity contribution in [1.82, 2.24) is 0 Å². The van der Waals surface area contributed by atoms with Crippen LogP contribution in [-0.2, 0) is 6.42 Å². The van der Waals surface area contributed by atoms with E-state index >= 15 is 0 Å². The second kappa shape index (κ2) is 5.16. The van der Waals surface area contributed by atoms with E-state index in [9.17, 15) is 0 Å². The van der Waals surface area contributed by atoms with E-state index in [1.807, 2.05) is 0 Å². The third-order valence-electron chi connectivity index (χ3n) is 3.52. The third kappa shape index (κ3) is 2.95. The molecule has 1 aromatic carbocycles. The molecule has 0 saturated heterocycles. The van der Waals surface area contributed by atoms with Gasteiger partial charge in [0.1, 0.15) is 0 Å². The molecule has 2 rings (SSSR count). The zero-order valence-electron chi connectivity index (χ0n) is 9.58. The van der Waals surface area contributed by atoms with E-state index in [-0.39, 0.29) is 0 Å². The number of hydrogen-bond donors (Lipinski definition) is 0. The van der Waals surface area contributed by atoms with Gasteiger partial charge in [-0.15, -0.1) is 0 Å². The minimum Gasteiger partial charge on any atom is -0.0885 e. The summed E-state index contributed by atoms with van der Waals surface area (Å²) >= 11 is 0. The molecule has 0 radical (unpaired) electrons. The van der Waals surface area contributed by atoms with E-state index in [1.165, 1.54) is 37.7 Å². The molecule has 0 aromatic heterocycles. The lowest BCUT2D eigenvalue weighted by Crippen LogP contribution is -2.10. The Morgan fingerprint density at radius 1 is 1.13 bits per heavy atom. The van der Waals surface area contributed by atoms with Crippen LogP contribution in [0.15, 0.2) is 42.0 Å². The van der Waals surface area contributed by atoms with E-state index in [4.69, 9.17) is 0 Å². The highest BCUT2D eigenvalue weighted by Crippen LogP contribution is 2.30. The number of benzene rings is 1. The van der Waals surface area contributed by atoms with Gasteiger partial charge in [-0.3, -0.25) is 0 Å². The van der Waals surface area contributed by atoms with Crippen LogP contribution in [0.3, 0.4) is 0 Å². The van der Waals surface area contributed by atoms with Crippen LogP contribution in [0.1, 0.15) is 38.2 Å². The van der Waals surface area contributed by atoms with Crippen LogP contribution >= 0.6 is 0 Å². The standard InChI is InChI=1S/C15H20/c1-2-13-8-10-15(11-9-13)12-14-6-4-3-5-7-14/h2-7,15H,8-12H2,1H3. The van der Waals surface area contributed by atoms with Gasteiger partial charge in [0, 0.05) is 0 Å². The lowest BCUT2D eigenvalue weighted by Gasteiger charge is -2.23. The maximum atomic E-state index is 2.30. The summed E-state index contributed by atoms with van der Waals surface area (Å²) in [7, 11) is 0. The monoisotopic (exact) mass is 200 g/mol. The SMILES string of the molecule is CC=C1CCC(Cc2ccccc2)CC1. The summed E-state index contributed by atoms with van der Waals surface area (Å²) in [5, 5.41) is 0. The summed E-state index contributed by atoms with van der Waals surface area (Å²) in [6.45, 7) is 2.17. The van der Waals surface area contributed by atoms with Crippen LogP contribution < -0.4 is 0 Å². The van der Waals surface area contributed by atoms with E-state index in [0.29, 0.717) is 0 Å². The molecule has 0 heterocycles. The molecule has 1 aliphatic rings. The summed E-state index contributed by atoms with van der Waals surface area (Å²) in [5.41, 5.74) is 3.17. The number of rotatable bonds is 2. The van der Waals surface area contributed by atoms with Crippen molar-refractivity contribution in [1.29, 1.82) is 0 Å². The first-order chi connectivity index (χ1) is 7.38. The highest BCUT2D eigenvalue weighted by Gasteiger charge is 2.16. The van der Waals surface area contributed by atoms with Gasteiger partial charge in [0.25, 0.3) is 0 Å². The molecule has 0 N–H and O–H groups in total. The first-order valence-corrected chi connectivity index (χ1v) is 6.06. The van der Waals surface area contributed by atoms with Crippen molar-refractivity contribution in [3.05, 3.63) is 47.5 Å². The number of hydrogen-bond acceptors (Lipinski definition) is 0. The molecule has 1 aromatic rings. The van der Waals surface area contributed by atoms with E-state index in [2.05, 4.69) is 43.3 Å². The molecule has 0 nitrogen and oxygen atoms in total. The van der Waals surface area contributed by atoms with Crippen LogP contribution in [0.4, 0.5) is 0 Å². The Morgan fingerprint density at radius 2 is 1.80 bits per heavy atom. The smallest absolute Gasteiger partial charge is 0.0250 e. The maximum Gasteiger partial charge on any atom is -0.0250 e. The molecule has 0 atom stereocenters. The van der Waals surface area contributed by atoms with Crippen LogP contribution in [0.5, 0.6) is 0 Å². The molecule has 0 unspecified atom stereocenters. The highest BCUT2D eigenvalue weighted by molar-refractivity contribution is 5.16. The first kappa shape index (κ1) is 10.5. The summed E-state index contributed by atoms with van der Waals surface area (Å²) in [6, 6.07) is 10.9. The Morgan fingerprint density at radius 3 is 2.40 bits per heavy atom. The van der Waals surface area contributed by atoms with Gasteiger partial charge in [-0.2, -0.15) is 0 Å². The average Bonchev–Trinajstić information content (AvgIpc) is 2.31. The molecular weight excluding hydrogens is 180 g/mol. The fraction of sp³-hybridized carbons (Fsp3) is 0.467. The second-order valence-electron chi connectivity index (χ2n) is 4.58. The first-order valence-electron chi connectivity index (χ1n) is 6.06. The van der Waals surface area contributed by atoms with Gasteiger partial charge in [0.2, 0.25) is 0 Å². The molecule has 15 heavy (non-hydrogen) atoms. The van der Waals surface area contributed by atoms with Crippen LogP contribution in [-0.4, -0.2) is 0 Å². The van der Waals surface area contributed by atoms with Gasteiger partial charge in [-0.1, -0.05) is 42.0 Å². The zero-order chi connectivity index (χ0) is 10.5. The Hall–Kier alpha value is -1.04. The minimum atomic E-state index is 0.913. The second-order valence-corrected chi connectivity index (χ2v) is 4.58. The van der Waals surface area contributed by atoms with Crippen molar-refractivity contribution in [3.63, 3.8) is 0 Å². The van der Waals surface area contributed by atoms with E-state index in [0.717, 1.165) is 5.92 Å². The van der Waals surface area contributed by atoms with Gasteiger partial charge >= 0.3 is 0 Å². The summed E-state index contributed by atoms with van der Waals surface area (Å²) < 4.78 is 0. The molecule has 0 aliphatic heterocycles. The van der Waals surface area contributed by atoms with E-state index < -0.39 is 0 Å². The molecule has 0 heteroatoms. The van der Waals surface area contributed by atoms with Crippen molar-refractivity contribution >= 4 is 0 Å². The summed E-state index contributed by atoms with van der Waals surface area (Å²) in [6.07, 6.45) is 9.00. The molecular formula is C15H20. The maximum absolute atomic E-state index is 2.30. The van der Waals surface area contributed by atoms with Gasteiger partial charge in [-0.25, -0.2) is 0 Å². The fourth-order valence-corrected chi connectivity index (χ4v) is 2.49. The van der Waals surface area contributed by atoms with Crippen LogP contribution in [0.2, 0.25) is 0 Å². The Bertz CT molecular complexity index is 311. The molecule has 80 valence electrons. The van der Waals surface area contributed by atoms with Crippen molar-refractivity contribution < 1.29 is 0 Å². The third-order valence-corrected chi connectivity index (χ3v) is 3.52. The molecule has 1 aliphatic carbocycles. The average molecular weight is 200 g/mol. The number of allylic oxidation sites excluding steroid dienone is 2. The molecule has 0 amide bonds. The van der Waals surface area contributed by atoms with Crippen LogP contribution in [0, 0.1) is 5.92 Å². The largest absolute Gasteiger partial charge is 0.0885 e. The Kier molecular flexibility index (Phi) is 3.60. The van der Waals surface area contributed by atoms with Gasteiger partial charge in [0.15, 0.2) is 0 Å². The molecule has 0 bridgehead atoms. The predicted octanol–water partition coefficient (Wildman–Crippen LogP) is 4.37. The van der Waals surface area contributed by atoms with Gasteiger partial charge in [0.05, 0.1) is 0 Å². The van der Waals surface area contributed by atoms with Gasteiger partial charge in [-0.05, 0) is 50.5 Å². The molecule has 0 spiro atoms. The lowest BCUT2D eigenvalue weighted by atomic mass is 9.82. The van der Waals surface area contributed by atoms with Crippen molar-refractivity contribution in [2.45, 2.75) is 39.0 Å². The minimum absolute atomic E-state index is 0.913. The van der Waals surface area contributed by atoms with Crippen molar-refractivity contribution in [3.8, 4) is 0 Å². The van der Waals surface area contributed by atoms with Crippen molar-refractivity contribution in [2.75, 3.05) is 0 Å². The predicted molar refractivity (Wildman–Crippen MR) is 65.9 cm³/mol.